The van der Waals surface area contributed by atoms with Crippen LogP contribution in [-0.2, 0) is 9.53 Å². The Balaban J connectivity index is 2.32. The Morgan fingerprint density at radius 1 is 1.55 bits per heavy atom. The number of rotatable bonds is 3. The summed E-state index contributed by atoms with van der Waals surface area (Å²) in [7, 11) is 0. The number of hydrogen-bond donors (Lipinski definition) is 0. The molecule has 0 radical (unpaired) electrons. The van der Waals surface area contributed by atoms with Crippen LogP contribution in [0.5, 0.6) is 0 Å². The van der Waals surface area contributed by atoms with Crippen molar-refractivity contribution in [3.63, 3.8) is 0 Å². The van der Waals surface area contributed by atoms with Crippen molar-refractivity contribution < 1.29 is 9.53 Å². The maximum Gasteiger partial charge on any atom is 0.336 e. The lowest BCUT2D eigenvalue weighted by Crippen LogP contribution is -1.89. The summed E-state index contributed by atoms with van der Waals surface area (Å²) in [5.74, 6) is 0.441. The molecule has 0 spiro atoms. The van der Waals surface area contributed by atoms with Crippen molar-refractivity contribution in [1.82, 2.24) is 0 Å². The summed E-state index contributed by atoms with van der Waals surface area (Å²) in [6.07, 6.45) is 8.40. The summed E-state index contributed by atoms with van der Waals surface area (Å²) in [6, 6.07) is 0. The molecule has 0 saturated heterocycles. The first kappa shape index (κ1) is 8.05. The molecule has 0 amide bonds. The zero-order valence-corrected chi connectivity index (χ0v) is 6.67. The lowest BCUT2D eigenvalue weighted by molar-refractivity contribution is -0.132. The molecule has 0 saturated carbocycles. The summed E-state index contributed by atoms with van der Waals surface area (Å²) in [6.45, 7) is 2.13. The van der Waals surface area contributed by atoms with Gasteiger partial charge in [-0.05, 0) is 25.0 Å². The minimum atomic E-state index is -0.257. The Bertz CT molecular complexity index is 202. The van der Waals surface area contributed by atoms with Gasteiger partial charge < -0.3 is 4.74 Å². The molecule has 1 rings (SSSR count). The van der Waals surface area contributed by atoms with Gasteiger partial charge in [-0.1, -0.05) is 13.3 Å². The predicted octanol–water partition coefficient (Wildman–Crippen LogP) is 2.17. The zero-order valence-electron chi connectivity index (χ0n) is 6.67. The van der Waals surface area contributed by atoms with E-state index in [-0.39, 0.29) is 5.97 Å². The maximum absolute atomic E-state index is 10.5. The van der Waals surface area contributed by atoms with Gasteiger partial charge in [0.1, 0.15) is 5.76 Å². The van der Waals surface area contributed by atoms with Crippen molar-refractivity contribution >= 4 is 5.97 Å². The fourth-order valence-electron chi connectivity index (χ4n) is 0.893. The lowest BCUT2D eigenvalue weighted by atomic mass is 10.2. The summed E-state index contributed by atoms with van der Waals surface area (Å²) >= 11 is 0. The fraction of sp³-hybridized carbons (Fsp3) is 0.444. The van der Waals surface area contributed by atoms with E-state index in [2.05, 4.69) is 6.92 Å². The van der Waals surface area contributed by atoms with Crippen LogP contribution >= 0.6 is 0 Å². The van der Waals surface area contributed by atoms with Gasteiger partial charge in [0, 0.05) is 6.08 Å². The summed E-state index contributed by atoms with van der Waals surface area (Å²) in [4.78, 5) is 10.5. The molecule has 0 N–H and O–H groups in total. The number of carbonyl (C=O) groups excluding carboxylic acids is 1. The van der Waals surface area contributed by atoms with Crippen LogP contribution in [0, 0.1) is 0 Å². The van der Waals surface area contributed by atoms with Crippen molar-refractivity contribution in [2.24, 2.45) is 0 Å². The van der Waals surface area contributed by atoms with E-state index in [0.29, 0.717) is 5.76 Å². The lowest BCUT2D eigenvalue weighted by Gasteiger charge is -1.94. The number of esters is 1. The van der Waals surface area contributed by atoms with Crippen LogP contribution in [0.25, 0.3) is 0 Å². The Labute approximate surface area is 66.5 Å². The van der Waals surface area contributed by atoms with Crippen molar-refractivity contribution in [3.05, 3.63) is 24.0 Å². The number of hydrogen-bond acceptors (Lipinski definition) is 2. The first-order valence-electron chi connectivity index (χ1n) is 3.93. The number of unbranched alkanes of at least 4 members (excludes halogenated alkanes) is 2. The molecular formula is C9H12O2. The average molecular weight is 152 g/mol. The molecule has 0 aromatic heterocycles. The van der Waals surface area contributed by atoms with Gasteiger partial charge in [-0.25, -0.2) is 4.79 Å². The molecule has 0 aromatic carbocycles. The molecular weight excluding hydrogens is 140 g/mol. The topological polar surface area (TPSA) is 26.3 Å². The van der Waals surface area contributed by atoms with E-state index in [1.807, 2.05) is 6.08 Å². The maximum atomic E-state index is 10.5. The molecule has 0 aromatic rings. The van der Waals surface area contributed by atoms with Gasteiger partial charge in [0.15, 0.2) is 0 Å². The van der Waals surface area contributed by atoms with E-state index in [0.717, 1.165) is 12.8 Å². The normalized spacial score (nSPS) is 19.4. The van der Waals surface area contributed by atoms with Gasteiger partial charge in [-0.2, -0.15) is 0 Å². The molecule has 0 atom stereocenters. The van der Waals surface area contributed by atoms with Crippen molar-refractivity contribution in [1.29, 1.82) is 0 Å². The third-order valence-electron chi connectivity index (χ3n) is 1.51. The third-order valence-corrected chi connectivity index (χ3v) is 1.51. The highest BCUT2D eigenvalue weighted by Crippen LogP contribution is 2.10. The molecule has 0 unspecified atom stereocenters. The van der Waals surface area contributed by atoms with Gasteiger partial charge in [0.25, 0.3) is 0 Å². The second kappa shape index (κ2) is 3.96. The molecule has 1 heterocycles. The Morgan fingerprint density at radius 2 is 2.36 bits per heavy atom. The number of cyclic esters (lactones) is 1. The summed E-state index contributed by atoms with van der Waals surface area (Å²) in [5, 5.41) is 0. The van der Waals surface area contributed by atoms with Crippen LogP contribution < -0.4 is 0 Å². The van der Waals surface area contributed by atoms with E-state index in [1.54, 1.807) is 6.08 Å². The molecule has 0 aliphatic carbocycles. The average Bonchev–Trinajstić information content (AvgIpc) is 2.37. The Kier molecular flexibility index (Phi) is 2.90. The van der Waals surface area contributed by atoms with Crippen LogP contribution in [0.2, 0.25) is 0 Å². The van der Waals surface area contributed by atoms with Crippen molar-refractivity contribution in [2.45, 2.75) is 26.2 Å². The highest BCUT2D eigenvalue weighted by Gasteiger charge is 2.07. The molecule has 60 valence electrons. The second-order valence-corrected chi connectivity index (χ2v) is 2.50. The highest BCUT2D eigenvalue weighted by molar-refractivity contribution is 5.86. The quantitative estimate of drug-likeness (QED) is 0.457. The Hall–Kier alpha value is -1.05. The van der Waals surface area contributed by atoms with Crippen molar-refractivity contribution in [3.8, 4) is 0 Å². The van der Waals surface area contributed by atoms with Crippen molar-refractivity contribution in [2.75, 3.05) is 0 Å². The Morgan fingerprint density at radius 3 is 2.91 bits per heavy atom. The second-order valence-electron chi connectivity index (χ2n) is 2.50. The van der Waals surface area contributed by atoms with Crippen LogP contribution in [0.4, 0.5) is 0 Å². The van der Waals surface area contributed by atoms with Crippen LogP contribution in [-0.4, -0.2) is 5.97 Å². The minimum Gasteiger partial charge on any atom is -0.424 e. The van der Waals surface area contributed by atoms with Crippen LogP contribution in [0.3, 0.4) is 0 Å². The largest absolute Gasteiger partial charge is 0.424 e. The van der Waals surface area contributed by atoms with Crippen LogP contribution in [0.15, 0.2) is 24.0 Å². The zero-order chi connectivity index (χ0) is 8.10. The van der Waals surface area contributed by atoms with E-state index in [4.69, 9.17) is 4.74 Å². The number of allylic oxidation sites excluding steroid dienone is 2. The molecule has 1 aliphatic heterocycles. The smallest absolute Gasteiger partial charge is 0.336 e. The first-order chi connectivity index (χ1) is 5.33. The molecule has 2 heteroatoms. The fourth-order valence-corrected chi connectivity index (χ4v) is 0.893. The minimum absolute atomic E-state index is 0.257. The van der Waals surface area contributed by atoms with Gasteiger partial charge in [-0.15, -0.1) is 0 Å². The molecule has 1 aliphatic rings. The van der Waals surface area contributed by atoms with Gasteiger partial charge in [0.05, 0.1) is 0 Å². The third kappa shape index (κ3) is 2.58. The summed E-state index contributed by atoms with van der Waals surface area (Å²) < 4.78 is 4.82. The predicted molar refractivity (Wildman–Crippen MR) is 42.8 cm³/mol. The molecule has 2 nitrogen and oxygen atoms in total. The van der Waals surface area contributed by atoms with E-state index in [9.17, 15) is 4.79 Å². The number of ether oxygens (including phenoxy) is 1. The standard InChI is InChI=1S/C9H12O2/c1-2-3-4-5-8-6-7-9(10)11-8/h5-7H,2-4H2,1H3/b8-5+. The number of carbonyl (C=O) groups is 1. The van der Waals surface area contributed by atoms with E-state index in [1.165, 1.54) is 12.5 Å². The van der Waals surface area contributed by atoms with E-state index >= 15 is 0 Å². The molecule has 0 fully saturated rings. The van der Waals surface area contributed by atoms with E-state index < -0.39 is 0 Å². The van der Waals surface area contributed by atoms with Gasteiger partial charge >= 0.3 is 5.97 Å². The van der Waals surface area contributed by atoms with Gasteiger partial charge in [-0.3, -0.25) is 0 Å². The highest BCUT2D eigenvalue weighted by atomic mass is 16.5. The summed E-state index contributed by atoms with van der Waals surface area (Å²) in [5.41, 5.74) is 0. The molecule has 11 heavy (non-hydrogen) atoms. The first-order valence-corrected chi connectivity index (χ1v) is 3.93. The van der Waals surface area contributed by atoms with Gasteiger partial charge in [0.2, 0.25) is 0 Å². The molecule has 0 bridgehead atoms. The monoisotopic (exact) mass is 152 g/mol. The van der Waals surface area contributed by atoms with Crippen LogP contribution in [0.1, 0.15) is 26.2 Å². The SMILES string of the molecule is CCCC/C=C1\C=CC(=O)O1.